The maximum atomic E-state index is 14.1. The zero-order valence-electron chi connectivity index (χ0n) is 18.3. The highest BCUT2D eigenvalue weighted by atomic mass is 19.1. The molecule has 0 amide bonds. The highest BCUT2D eigenvalue weighted by Gasteiger charge is 2.42. The summed E-state index contributed by atoms with van der Waals surface area (Å²) >= 11 is 0. The Morgan fingerprint density at radius 3 is 2.56 bits per heavy atom. The molecule has 1 aliphatic rings. The van der Waals surface area contributed by atoms with Gasteiger partial charge in [-0.05, 0) is 56.4 Å². The van der Waals surface area contributed by atoms with Gasteiger partial charge in [-0.25, -0.2) is 4.39 Å². The average Bonchev–Trinajstić information content (AvgIpc) is 3.17. The second-order valence-corrected chi connectivity index (χ2v) is 9.03. The molecule has 0 spiro atoms. The van der Waals surface area contributed by atoms with E-state index in [1.54, 1.807) is 24.3 Å². The smallest absolute Gasteiger partial charge is 0.278 e. The van der Waals surface area contributed by atoms with Crippen molar-refractivity contribution in [2.45, 2.75) is 51.4 Å². The summed E-state index contributed by atoms with van der Waals surface area (Å²) < 4.78 is 21.4. The predicted octanol–water partition coefficient (Wildman–Crippen LogP) is 5.14. The fraction of sp³-hybridized carbons (Fsp3) is 0.320. The van der Waals surface area contributed by atoms with Crippen LogP contribution in [-0.4, -0.2) is 25.0 Å². The van der Waals surface area contributed by atoms with Gasteiger partial charge in [0.05, 0.1) is 12.1 Å². The molecule has 0 saturated heterocycles. The Balaban J connectivity index is 1.36. The first-order valence-electron chi connectivity index (χ1n) is 10.7. The Bertz CT molecular complexity index is 1260. The quantitative estimate of drug-likeness (QED) is 0.456. The fourth-order valence-electron chi connectivity index (χ4n) is 3.77. The molecule has 0 aliphatic heterocycles. The topological polar surface area (TPSA) is 77.0 Å². The van der Waals surface area contributed by atoms with Crippen molar-refractivity contribution in [2.75, 3.05) is 0 Å². The zero-order valence-corrected chi connectivity index (χ0v) is 18.3. The summed E-state index contributed by atoms with van der Waals surface area (Å²) in [6, 6.07) is 17.0. The minimum Gasteiger partial charge on any atom is -0.385 e. The Labute approximate surface area is 185 Å². The van der Waals surface area contributed by atoms with Gasteiger partial charge in [-0.3, -0.25) is 4.68 Å². The van der Waals surface area contributed by atoms with Crippen LogP contribution in [0.4, 0.5) is 4.39 Å². The maximum absolute atomic E-state index is 14.1. The van der Waals surface area contributed by atoms with Crippen molar-refractivity contribution < 1.29 is 14.0 Å². The molecular weight excluding hydrogens is 407 g/mol. The van der Waals surface area contributed by atoms with Crippen molar-refractivity contribution >= 4 is 0 Å². The second kappa shape index (κ2) is 7.38. The van der Waals surface area contributed by atoms with Crippen molar-refractivity contribution in [3.63, 3.8) is 0 Å². The standard InChI is InChI=1S/C25H25FN4O2/c1-16-13-21(28-30(16)15-17-5-4-6-20(14-17)25(31)11-12-25)23-27-22(29-32-23)18-7-9-19(10-8-18)24(2,3)26/h4-10,13-14,31H,11-12,15H2,1-3H3. The number of hydrogen-bond donors (Lipinski definition) is 1. The van der Waals surface area contributed by atoms with Gasteiger partial charge in [-0.1, -0.05) is 53.7 Å². The molecule has 7 heteroatoms. The average molecular weight is 432 g/mol. The molecule has 5 rings (SSSR count). The zero-order chi connectivity index (χ0) is 22.5. The molecule has 2 aromatic heterocycles. The summed E-state index contributed by atoms with van der Waals surface area (Å²) in [5, 5.41) is 19.1. The Morgan fingerprint density at radius 1 is 1.12 bits per heavy atom. The van der Waals surface area contributed by atoms with Crippen molar-refractivity contribution in [1.29, 1.82) is 0 Å². The molecule has 0 unspecified atom stereocenters. The molecule has 4 aromatic rings. The molecule has 0 bridgehead atoms. The van der Waals surface area contributed by atoms with Crippen LogP contribution in [0.15, 0.2) is 59.1 Å². The highest BCUT2D eigenvalue weighted by Crippen LogP contribution is 2.45. The molecule has 2 aromatic carbocycles. The van der Waals surface area contributed by atoms with E-state index in [-0.39, 0.29) is 0 Å². The van der Waals surface area contributed by atoms with E-state index in [4.69, 9.17) is 4.52 Å². The number of hydrogen-bond acceptors (Lipinski definition) is 5. The van der Waals surface area contributed by atoms with Crippen molar-refractivity contribution in [2.24, 2.45) is 0 Å². The van der Waals surface area contributed by atoms with E-state index in [0.717, 1.165) is 35.2 Å². The molecule has 1 aliphatic carbocycles. The van der Waals surface area contributed by atoms with Gasteiger partial charge in [0.2, 0.25) is 5.82 Å². The van der Waals surface area contributed by atoms with Gasteiger partial charge >= 0.3 is 0 Å². The lowest BCUT2D eigenvalue weighted by molar-refractivity contribution is 0.151. The molecule has 1 N–H and O–H groups in total. The van der Waals surface area contributed by atoms with Gasteiger partial charge in [-0.2, -0.15) is 10.1 Å². The number of benzene rings is 2. The van der Waals surface area contributed by atoms with E-state index in [9.17, 15) is 9.50 Å². The first-order chi connectivity index (χ1) is 15.2. The van der Waals surface area contributed by atoms with Crippen molar-refractivity contribution in [1.82, 2.24) is 19.9 Å². The number of aromatic nitrogens is 4. The van der Waals surface area contributed by atoms with Crippen molar-refractivity contribution in [3.05, 3.63) is 77.0 Å². The van der Waals surface area contributed by atoms with Crippen LogP contribution in [0.25, 0.3) is 23.0 Å². The SMILES string of the molecule is Cc1cc(-c2nc(-c3ccc(C(C)(C)F)cc3)no2)nn1Cc1cccc(C2(O)CC2)c1. The van der Waals surface area contributed by atoms with E-state index in [1.165, 1.54) is 13.8 Å². The van der Waals surface area contributed by atoms with Crippen molar-refractivity contribution in [3.8, 4) is 23.0 Å². The summed E-state index contributed by atoms with van der Waals surface area (Å²) in [4.78, 5) is 4.48. The maximum Gasteiger partial charge on any atom is 0.278 e. The fourth-order valence-corrected chi connectivity index (χ4v) is 3.77. The molecule has 6 nitrogen and oxygen atoms in total. The van der Waals surface area contributed by atoms with Gasteiger partial charge < -0.3 is 9.63 Å². The monoisotopic (exact) mass is 432 g/mol. The summed E-state index contributed by atoms with van der Waals surface area (Å²) in [6.07, 6.45) is 1.63. The number of aryl methyl sites for hydroxylation is 1. The first kappa shape index (κ1) is 20.6. The lowest BCUT2D eigenvalue weighted by Gasteiger charge is -2.14. The lowest BCUT2D eigenvalue weighted by atomic mass is 9.99. The van der Waals surface area contributed by atoms with Crippen LogP contribution in [0.5, 0.6) is 0 Å². The van der Waals surface area contributed by atoms with Gasteiger partial charge in [-0.15, -0.1) is 0 Å². The number of halogens is 1. The third kappa shape index (κ3) is 3.96. The lowest BCUT2D eigenvalue weighted by Crippen LogP contribution is -2.08. The minimum absolute atomic E-state index is 0.331. The third-order valence-corrected chi connectivity index (χ3v) is 5.98. The predicted molar refractivity (Wildman–Crippen MR) is 119 cm³/mol. The summed E-state index contributed by atoms with van der Waals surface area (Å²) in [5.41, 5.74) is 2.88. The minimum atomic E-state index is -1.40. The second-order valence-electron chi connectivity index (χ2n) is 9.03. The Kier molecular flexibility index (Phi) is 4.74. The van der Waals surface area contributed by atoms with Crippen LogP contribution in [0, 0.1) is 6.92 Å². The van der Waals surface area contributed by atoms with Crippen LogP contribution >= 0.6 is 0 Å². The van der Waals surface area contributed by atoms with Crippen LogP contribution < -0.4 is 0 Å². The van der Waals surface area contributed by atoms with E-state index < -0.39 is 11.3 Å². The number of aliphatic hydroxyl groups is 1. The first-order valence-corrected chi connectivity index (χ1v) is 10.7. The number of rotatable bonds is 6. The molecule has 1 fully saturated rings. The number of alkyl halides is 1. The Hall–Kier alpha value is -3.32. The molecule has 32 heavy (non-hydrogen) atoms. The van der Waals surface area contributed by atoms with E-state index >= 15 is 0 Å². The molecule has 164 valence electrons. The molecule has 0 radical (unpaired) electrons. The highest BCUT2D eigenvalue weighted by molar-refractivity contribution is 5.58. The summed E-state index contributed by atoms with van der Waals surface area (Å²) in [5.74, 6) is 0.763. The van der Waals surface area contributed by atoms with E-state index in [2.05, 4.69) is 15.2 Å². The molecule has 2 heterocycles. The summed E-state index contributed by atoms with van der Waals surface area (Å²) in [6.45, 7) is 5.61. The molecule has 0 atom stereocenters. The van der Waals surface area contributed by atoms with Gasteiger partial charge in [0.25, 0.3) is 5.89 Å². The van der Waals surface area contributed by atoms with E-state index in [0.29, 0.717) is 29.5 Å². The van der Waals surface area contributed by atoms with Crippen LogP contribution in [-0.2, 0) is 17.8 Å². The molecular formula is C25H25FN4O2. The van der Waals surface area contributed by atoms with Gasteiger partial charge in [0.15, 0.2) is 5.69 Å². The van der Waals surface area contributed by atoms with Crippen LogP contribution in [0.3, 0.4) is 0 Å². The Morgan fingerprint density at radius 2 is 1.88 bits per heavy atom. The number of nitrogens with zero attached hydrogens (tertiary/aromatic N) is 4. The van der Waals surface area contributed by atoms with Crippen LogP contribution in [0.1, 0.15) is 49.1 Å². The largest absolute Gasteiger partial charge is 0.385 e. The van der Waals surface area contributed by atoms with Crippen LogP contribution in [0.2, 0.25) is 0 Å². The van der Waals surface area contributed by atoms with Gasteiger partial charge in [0, 0.05) is 11.3 Å². The normalized spacial score (nSPS) is 15.2. The third-order valence-electron chi connectivity index (χ3n) is 5.98. The van der Waals surface area contributed by atoms with E-state index in [1.807, 2.05) is 41.9 Å². The van der Waals surface area contributed by atoms with Gasteiger partial charge in [0.1, 0.15) is 5.67 Å². The summed E-state index contributed by atoms with van der Waals surface area (Å²) in [7, 11) is 0. The molecule has 1 saturated carbocycles.